The highest BCUT2D eigenvalue weighted by Gasteiger charge is 2.31. The van der Waals surface area contributed by atoms with E-state index in [-0.39, 0.29) is 17.5 Å². The number of alkyl halides is 2. The first-order chi connectivity index (χ1) is 15.3. The first-order valence-corrected chi connectivity index (χ1v) is 11.1. The van der Waals surface area contributed by atoms with Crippen molar-refractivity contribution in [2.24, 2.45) is 0 Å². The Hall–Kier alpha value is -3.09. The van der Waals surface area contributed by atoms with Gasteiger partial charge in [0.2, 0.25) is 0 Å². The fraction of sp³-hybridized carbons (Fsp3) is 0.400. The third-order valence-corrected chi connectivity index (χ3v) is 6.30. The monoisotopic (exact) mass is 438 g/mol. The van der Waals surface area contributed by atoms with Gasteiger partial charge in [0.1, 0.15) is 5.82 Å². The average molecular weight is 439 g/mol. The van der Waals surface area contributed by atoms with Crippen molar-refractivity contribution in [1.82, 2.24) is 19.9 Å². The minimum absolute atomic E-state index is 0.0438. The molecule has 0 spiro atoms. The molecule has 1 N–H and O–H groups in total. The normalized spacial score (nSPS) is 16.7. The minimum Gasteiger partial charge on any atom is -0.367 e. The SMILES string of the molecule is C=C(/C(C)=C\c1ncc(C2=CCCC2)c(=O)[nH]1)N1CCc2ncc(C(F)(F)CC)cc2C1. The summed E-state index contributed by atoms with van der Waals surface area (Å²) >= 11 is 0. The van der Waals surface area contributed by atoms with Crippen LogP contribution in [-0.4, -0.2) is 26.4 Å². The number of hydrogen-bond acceptors (Lipinski definition) is 4. The van der Waals surface area contributed by atoms with E-state index >= 15 is 0 Å². The van der Waals surface area contributed by atoms with Crippen LogP contribution in [0.1, 0.15) is 67.7 Å². The summed E-state index contributed by atoms with van der Waals surface area (Å²) in [6.07, 6.45) is 10.2. The maximum absolute atomic E-state index is 14.1. The number of fused-ring (bicyclic) bond motifs is 1. The predicted molar refractivity (Wildman–Crippen MR) is 122 cm³/mol. The van der Waals surface area contributed by atoms with Gasteiger partial charge in [0.05, 0.1) is 5.56 Å². The van der Waals surface area contributed by atoms with E-state index < -0.39 is 5.92 Å². The van der Waals surface area contributed by atoms with Gasteiger partial charge in [-0.15, -0.1) is 0 Å². The van der Waals surface area contributed by atoms with Crippen molar-refractivity contribution in [1.29, 1.82) is 0 Å². The predicted octanol–water partition coefficient (Wildman–Crippen LogP) is 5.21. The molecule has 7 heteroatoms. The number of rotatable bonds is 6. The molecule has 2 aromatic rings. The Morgan fingerprint density at radius 1 is 1.31 bits per heavy atom. The van der Waals surface area contributed by atoms with Gasteiger partial charge in [-0.1, -0.05) is 19.6 Å². The van der Waals surface area contributed by atoms with Crippen LogP contribution in [0.2, 0.25) is 0 Å². The Labute approximate surface area is 186 Å². The van der Waals surface area contributed by atoms with E-state index in [2.05, 4.69) is 32.5 Å². The summed E-state index contributed by atoms with van der Waals surface area (Å²) in [5.74, 6) is -2.41. The zero-order valence-electron chi connectivity index (χ0n) is 18.5. The lowest BCUT2D eigenvalue weighted by molar-refractivity contribution is -0.00880. The quantitative estimate of drug-likeness (QED) is 0.629. The molecule has 1 aliphatic heterocycles. The van der Waals surface area contributed by atoms with Crippen molar-refractivity contribution in [3.8, 4) is 0 Å². The van der Waals surface area contributed by atoms with Crippen LogP contribution in [-0.2, 0) is 18.9 Å². The molecule has 3 heterocycles. The summed E-state index contributed by atoms with van der Waals surface area (Å²) in [6.45, 7) is 8.74. The summed E-state index contributed by atoms with van der Waals surface area (Å²) in [5, 5.41) is 0. The number of aromatic nitrogens is 3. The highest BCUT2D eigenvalue weighted by atomic mass is 19.3. The van der Waals surface area contributed by atoms with Gasteiger partial charge < -0.3 is 9.88 Å². The lowest BCUT2D eigenvalue weighted by Crippen LogP contribution is -2.31. The molecule has 5 nitrogen and oxygen atoms in total. The van der Waals surface area contributed by atoms with Crippen LogP contribution in [0.4, 0.5) is 8.78 Å². The molecule has 32 heavy (non-hydrogen) atoms. The van der Waals surface area contributed by atoms with Gasteiger partial charge in [0.25, 0.3) is 11.5 Å². The van der Waals surface area contributed by atoms with Gasteiger partial charge in [-0.3, -0.25) is 9.78 Å². The number of pyridine rings is 1. The molecule has 0 saturated heterocycles. The van der Waals surface area contributed by atoms with E-state index in [9.17, 15) is 13.6 Å². The van der Waals surface area contributed by atoms with Crippen LogP contribution in [0, 0.1) is 0 Å². The maximum Gasteiger partial charge on any atom is 0.274 e. The van der Waals surface area contributed by atoms with Crippen LogP contribution in [0.15, 0.2) is 47.2 Å². The lowest BCUT2D eigenvalue weighted by atomic mass is 9.99. The molecule has 2 aromatic heterocycles. The zero-order valence-corrected chi connectivity index (χ0v) is 18.5. The molecule has 168 valence electrons. The molecule has 0 radical (unpaired) electrons. The van der Waals surface area contributed by atoms with Crippen molar-refractivity contribution in [3.05, 3.63) is 80.9 Å². The lowest BCUT2D eigenvalue weighted by Gasteiger charge is -2.32. The number of hydrogen-bond donors (Lipinski definition) is 1. The van der Waals surface area contributed by atoms with E-state index in [0.717, 1.165) is 47.4 Å². The molecular weight excluding hydrogens is 410 g/mol. The molecule has 0 saturated carbocycles. The zero-order chi connectivity index (χ0) is 22.9. The van der Waals surface area contributed by atoms with Crippen molar-refractivity contribution in [2.75, 3.05) is 6.54 Å². The largest absolute Gasteiger partial charge is 0.367 e. The number of H-pyrrole nitrogens is 1. The molecule has 0 amide bonds. The number of nitrogens with one attached hydrogen (secondary N) is 1. The molecule has 2 aliphatic rings. The Bertz CT molecular complexity index is 1160. The first-order valence-electron chi connectivity index (χ1n) is 11.1. The standard InChI is InChI=1S/C25H28F2N4O/c1-4-25(26,27)20-12-19-15-31(10-9-22(19)28-13-20)17(3)16(2)11-23-29-14-21(24(32)30-23)18-7-5-6-8-18/h7,11-14H,3-6,8-10,15H2,1-2H3,(H,29,30,32)/b16-11-. The molecule has 0 fully saturated rings. The molecule has 0 atom stereocenters. The highest BCUT2D eigenvalue weighted by molar-refractivity contribution is 5.66. The molecule has 0 bridgehead atoms. The van der Waals surface area contributed by atoms with Gasteiger partial charge >= 0.3 is 0 Å². The van der Waals surface area contributed by atoms with Crippen molar-refractivity contribution >= 4 is 11.6 Å². The van der Waals surface area contributed by atoms with Gasteiger partial charge in [-0.25, -0.2) is 13.8 Å². The topological polar surface area (TPSA) is 61.9 Å². The molecule has 1 aliphatic carbocycles. The number of allylic oxidation sites excluding steroid dienone is 3. The summed E-state index contributed by atoms with van der Waals surface area (Å²) < 4.78 is 28.2. The number of aromatic amines is 1. The second kappa shape index (κ2) is 8.81. The van der Waals surface area contributed by atoms with E-state index in [1.807, 2.05) is 6.92 Å². The van der Waals surface area contributed by atoms with Crippen molar-refractivity contribution in [3.63, 3.8) is 0 Å². The van der Waals surface area contributed by atoms with E-state index in [0.29, 0.717) is 30.9 Å². The Morgan fingerprint density at radius 3 is 2.81 bits per heavy atom. The van der Waals surface area contributed by atoms with Crippen molar-refractivity contribution in [2.45, 2.75) is 58.4 Å². The number of halogens is 2. The third-order valence-electron chi connectivity index (χ3n) is 6.30. The van der Waals surface area contributed by atoms with E-state index in [1.165, 1.54) is 13.1 Å². The van der Waals surface area contributed by atoms with Crippen LogP contribution in [0.5, 0.6) is 0 Å². The molecule has 4 rings (SSSR count). The summed E-state index contributed by atoms with van der Waals surface area (Å²) in [4.78, 5) is 26.1. The second-order valence-electron chi connectivity index (χ2n) is 8.47. The Morgan fingerprint density at radius 2 is 2.12 bits per heavy atom. The van der Waals surface area contributed by atoms with Gasteiger partial charge in [0, 0.05) is 55.3 Å². The highest BCUT2D eigenvalue weighted by Crippen LogP contribution is 2.33. The minimum atomic E-state index is -2.88. The summed E-state index contributed by atoms with van der Waals surface area (Å²) in [7, 11) is 0. The van der Waals surface area contributed by atoms with Crippen LogP contribution < -0.4 is 5.56 Å². The van der Waals surface area contributed by atoms with E-state index in [1.54, 1.807) is 18.3 Å². The first kappa shape index (κ1) is 22.1. The molecule has 0 unspecified atom stereocenters. The van der Waals surface area contributed by atoms with Crippen LogP contribution in [0.25, 0.3) is 11.6 Å². The maximum atomic E-state index is 14.1. The summed E-state index contributed by atoms with van der Waals surface area (Å²) in [5.41, 5.74) is 4.80. The fourth-order valence-corrected chi connectivity index (χ4v) is 4.22. The Kier molecular flexibility index (Phi) is 6.09. The smallest absolute Gasteiger partial charge is 0.274 e. The third kappa shape index (κ3) is 4.42. The second-order valence-corrected chi connectivity index (χ2v) is 8.47. The van der Waals surface area contributed by atoms with Crippen LogP contribution in [0.3, 0.4) is 0 Å². The Balaban J connectivity index is 1.51. The van der Waals surface area contributed by atoms with E-state index in [4.69, 9.17) is 0 Å². The van der Waals surface area contributed by atoms with Gasteiger partial charge in [-0.2, -0.15) is 0 Å². The molecular formula is C25H28F2N4O. The van der Waals surface area contributed by atoms with Gasteiger partial charge in [0.15, 0.2) is 0 Å². The number of nitrogens with zero attached hydrogens (tertiary/aromatic N) is 3. The summed E-state index contributed by atoms with van der Waals surface area (Å²) in [6, 6.07) is 1.57. The molecule has 0 aromatic carbocycles. The average Bonchev–Trinajstić information content (AvgIpc) is 3.32. The fourth-order valence-electron chi connectivity index (χ4n) is 4.22. The van der Waals surface area contributed by atoms with Crippen molar-refractivity contribution < 1.29 is 8.78 Å². The van der Waals surface area contributed by atoms with Gasteiger partial charge in [-0.05, 0) is 55.0 Å². The van der Waals surface area contributed by atoms with Crippen LogP contribution >= 0.6 is 0 Å².